The molecule has 4 nitrogen and oxygen atoms in total. The van der Waals surface area contributed by atoms with Crippen LogP contribution in [0.1, 0.15) is 38.9 Å². The molecule has 0 amide bonds. The largest absolute Gasteiger partial charge is 0.496 e. The van der Waals surface area contributed by atoms with Crippen LogP contribution in [0.2, 0.25) is 0 Å². The van der Waals surface area contributed by atoms with Gasteiger partial charge in [-0.2, -0.15) is 0 Å². The van der Waals surface area contributed by atoms with Crippen LogP contribution in [0.5, 0.6) is 5.75 Å². The summed E-state index contributed by atoms with van der Waals surface area (Å²) in [6.07, 6.45) is 0.107. The molecular weight excluding hydrogens is 242 g/mol. The molecule has 19 heavy (non-hydrogen) atoms. The smallest absolute Gasteiger partial charge is 0.126 e. The lowest BCUT2D eigenvalue weighted by Crippen LogP contribution is -2.33. The summed E-state index contributed by atoms with van der Waals surface area (Å²) < 4.78 is 5.35. The van der Waals surface area contributed by atoms with Gasteiger partial charge >= 0.3 is 0 Å². The molecule has 1 aromatic rings. The molecule has 2 N–H and O–H groups in total. The number of rotatable bonds is 7. The molecule has 0 aromatic heterocycles. The van der Waals surface area contributed by atoms with Crippen LogP contribution in [-0.4, -0.2) is 36.5 Å². The van der Waals surface area contributed by atoms with Crippen LogP contribution in [0.15, 0.2) is 18.2 Å². The molecule has 0 aliphatic carbocycles. The van der Waals surface area contributed by atoms with E-state index in [1.54, 1.807) is 14.0 Å². The zero-order chi connectivity index (χ0) is 14.4. The van der Waals surface area contributed by atoms with Crippen LogP contribution >= 0.6 is 0 Å². The summed E-state index contributed by atoms with van der Waals surface area (Å²) in [6, 6.07) is 6.06. The second-order valence-electron chi connectivity index (χ2n) is 4.93. The Bertz CT molecular complexity index is 391. The van der Waals surface area contributed by atoms with Gasteiger partial charge in [-0.1, -0.05) is 6.07 Å². The number of benzene rings is 1. The highest BCUT2D eigenvalue weighted by Gasteiger charge is 2.20. The van der Waals surface area contributed by atoms with Crippen molar-refractivity contribution in [3.05, 3.63) is 23.8 Å². The molecule has 0 radical (unpaired) electrons. The van der Waals surface area contributed by atoms with E-state index in [1.165, 1.54) is 0 Å². The van der Waals surface area contributed by atoms with Crippen LogP contribution in [0.25, 0.3) is 0 Å². The third-order valence-electron chi connectivity index (χ3n) is 3.17. The van der Waals surface area contributed by atoms with Gasteiger partial charge in [0.2, 0.25) is 0 Å². The van der Waals surface area contributed by atoms with E-state index in [0.717, 1.165) is 17.8 Å². The number of hydrogen-bond acceptors (Lipinski definition) is 4. The Morgan fingerprint density at radius 1 is 1.26 bits per heavy atom. The number of aliphatic hydroxyl groups is 2. The second-order valence-corrected chi connectivity index (χ2v) is 4.93. The fourth-order valence-electron chi connectivity index (χ4n) is 2.28. The van der Waals surface area contributed by atoms with Crippen LogP contribution in [-0.2, 0) is 0 Å². The standard InChI is InChI=1S/C15H25NO3/c1-11(2)16(9-6-10-17)13-7-5-8-14(19-4)15(13)12(3)18/h5,7-8,11-12,17-18H,6,9-10H2,1-4H3. The van der Waals surface area contributed by atoms with Crippen molar-refractivity contribution in [1.29, 1.82) is 0 Å². The fraction of sp³-hybridized carbons (Fsp3) is 0.600. The lowest BCUT2D eigenvalue weighted by Gasteiger charge is -2.32. The van der Waals surface area contributed by atoms with Crippen LogP contribution in [0.4, 0.5) is 5.69 Å². The van der Waals surface area contributed by atoms with Crippen molar-refractivity contribution < 1.29 is 14.9 Å². The molecule has 0 spiro atoms. The monoisotopic (exact) mass is 267 g/mol. The highest BCUT2D eigenvalue weighted by Crippen LogP contribution is 2.35. The lowest BCUT2D eigenvalue weighted by atomic mass is 10.0. The first-order valence-corrected chi connectivity index (χ1v) is 6.75. The maximum absolute atomic E-state index is 10.0. The van der Waals surface area contributed by atoms with Gasteiger partial charge in [0.15, 0.2) is 0 Å². The second kappa shape index (κ2) is 7.36. The van der Waals surface area contributed by atoms with Gasteiger partial charge in [-0.15, -0.1) is 0 Å². The summed E-state index contributed by atoms with van der Waals surface area (Å²) in [4.78, 5) is 2.18. The molecule has 0 fully saturated rings. The van der Waals surface area contributed by atoms with E-state index >= 15 is 0 Å². The molecule has 4 heteroatoms. The normalized spacial score (nSPS) is 12.6. The maximum Gasteiger partial charge on any atom is 0.126 e. The van der Waals surface area contributed by atoms with E-state index in [4.69, 9.17) is 9.84 Å². The highest BCUT2D eigenvalue weighted by atomic mass is 16.5. The van der Waals surface area contributed by atoms with Gasteiger partial charge in [0.25, 0.3) is 0 Å². The van der Waals surface area contributed by atoms with Crippen LogP contribution in [0.3, 0.4) is 0 Å². The lowest BCUT2D eigenvalue weighted by molar-refractivity contribution is 0.194. The van der Waals surface area contributed by atoms with E-state index in [0.29, 0.717) is 12.2 Å². The first-order chi connectivity index (χ1) is 9.02. The van der Waals surface area contributed by atoms with Crippen LogP contribution < -0.4 is 9.64 Å². The molecular formula is C15H25NO3. The summed E-state index contributed by atoms with van der Waals surface area (Å²) in [6.45, 7) is 6.86. The predicted molar refractivity (Wildman–Crippen MR) is 77.8 cm³/mol. The molecule has 1 rings (SSSR count). The molecule has 1 atom stereocenters. The fourth-order valence-corrected chi connectivity index (χ4v) is 2.28. The molecule has 0 saturated heterocycles. The van der Waals surface area contributed by atoms with E-state index in [2.05, 4.69) is 18.7 Å². The molecule has 0 aliphatic heterocycles. The molecule has 0 saturated carbocycles. The Balaban J connectivity index is 3.21. The summed E-state index contributed by atoms with van der Waals surface area (Å²) >= 11 is 0. The third kappa shape index (κ3) is 3.85. The number of hydrogen-bond donors (Lipinski definition) is 2. The van der Waals surface area contributed by atoms with E-state index in [9.17, 15) is 5.11 Å². The van der Waals surface area contributed by atoms with Gasteiger partial charge in [0.1, 0.15) is 5.75 Å². The average Bonchev–Trinajstić information content (AvgIpc) is 2.38. The number of ether oxygens (including phenoxy) is 1. The molecule has 108 valence electrons. The van der Waals surface area contributed by atoms with Gasteiger partial charge in [0.05, 0.1) is 13.2 Å². The zero-order valence-corrected chi connectivity index (χ0v) is 12.3. The summed E-state index contributed by atoms with van der Waals surface area (Å²) in [5.41, 5.74) is 1.77. The van der Waals surface area contributed by atoms with Crippen molar-refractivity contribution in [2.45, 2.75) is 39.3 Å². The minimum absolute atomic E-state index is 0.164. The molecule has 0 bridgehead atoms. The van der Waals surface area contributed by atoms with Gasteiger partial charge < -0.3 is 19.8 Å². The van der Waals surface area contributed by atoms with Crippen LogP contribution in [0, 0.1) is 0 Å². The van der Waals surface area contributed by atoms with Crippen molar-refractivity contribution in [1.82, 2.24) is 0 Å². The number of methoxy groups -OCH3 is 1. The number of anilines is 1. The Labute approximate surface area is 115 Å². The van der Waals surface area contributed by atoms with Crippen molar-refractivity contribution >= 4 is 5.69 Å². The number of aliphatic hydroxyl groups excluding tert-OH is 2. The Hall–Kier alpha value is -1.26. The van der Waals surface area contributed by atoms with Crippen molar-refractivity contribution in [2.24, 2.45) is 0 Å². The van der Waals surface area contributed by atoms with Gasteiger partial charge in [-0.3, -0.25) is 0 Å². The van der Waals surface area contributed by atoms with Gasteiger partial charge in [-0.25, -0.2) is 0 Å². The molecule has 1 aromatic carbocycles. The van der Waals surface area contributed by atoms with Crippen molar-refractivity contribution in [3.8, 4) is 5.75 Å². The van der Waals surface area contributed by atoms with Gasteiger partial charge in [0, 0.05) is 30.4 Å². The van der Waals surface area contributed by atoms with E-state index < -0.39 is 6.10 Å². The van der Waals surface area contributed by atoms with Gasteiger partial charge in [-0.05, 0) is 39.3 Å². The predicted octanol–water partition coefficient (Wildman–Crippen LogP) is 2.35. The topological polar surface area (TPSA) is 52.9 Å². The third-order valence-corrected chi connectivity index (χ3v) is 3.17. The molecule has 0 aliphatic rings. The maximum atomic E-state index is 10.0. The Morgan fingerprint density at radius 3 is 2.42 bits per heavy atom. The minimum Gasteiger partial charge on any atom is -0.496 e. The summed E-state index contributed by atoms with van der Waals surface area (Å²) in [5, 5.41) is 19.0. The SMILES string of the molecule is COc1cccc(N(CCCO)C(C)C)c1C(C)O. The first kappa shape index (κ1) is 15.8. The van der Waals surface area contributed by atoms with E-state index in [-0.39, 0.29) is 12.6 Å². The van der Waals surface area contributed by atoms with E-state index in [1.807, 2.05) is 18.2 Å². The summed E-state index contributed by atoms with van der Waals surface area (Å²) in [7, 11) is 1.61. The quantitative estimate of drug-likeness (QED) is 0.796. The Morgan fingerprint density at radius 2 is 1.95 bits per heavy atom. The van der Waals surface area contributed by atoms with Crippen molar-refractivity contribution in [2.75, 3.05) is 25.2 Å². The molecule has 1 unspecified atom stereocenters. The molecule has 0 heterocycles. The highest BCUT2D eigenvalue weighted by molar-refractivity contribution is 5.60. The average molecular weight is 267 g/mol. The minimum atomic E-state index is -0.596. The summed E-state index contributed by atoms with van der Waals surface area (Å²) in [5.74, 6) is 0.696. The van der Waals surface area contributed by atoms with Crippen molar-refractivity contribution in [3.63, 3.8) is 0 Å². The zero-order valence-electron chi connectivity index (χ0n) is 12.3. The number of nitrogens with zero attached hydrogens (tertiary/aromatic N) is 1. The Kier molecular flexibility index (Phi) is 6.12. The first-order valence-electron chi connectivity index (χ1n) is 6.75.